The van der Waals surface area contributed by atoms with Crippen LogP contribution in [-0.4, -0.2) is 28.5 Å². The van der Waals surface area contributed by atoms with Gasteiger partial charge in [0.2, 0.25) is 0 Å². The second-order valence-electron chi connectivity index (χ2n) is 3.98. The smallest absolute Gasteiger partial charge is 0.0908 e. The lowest BCUT2D eigenvalue weighted by Gasteiger charge is -2.18. The van der Waals surface area contributed by atoms with E-state index in [0.717, 1.165) is 11.3 Å². The predicted octanol–water partition coefficient (Wildman–Crippen LogP) is 1.13. The van der Waals surface area contributed by atoms with Crippen molar-refractivity contribution in [2.45, 2.75) is 12.6 Å². The van der Waals surface area contributed by atoms with Crippen LogP contribution in [0.5, 0.6) is 0 Å². The number of nitrogens with zero attached hydrogens (tertiary/aromatic N) is 3. The number of ether oxygens (including phenoxy) is 1. The van der Waals surface area contributed by atoms with E-state index in [2.05, 4.69) is 15.5 Å². The van der Waals surface area contributed by atoms with Crippen LogP contribution in [0.15, 0.2) is 30.7 Å². The molecule has 7 heteroatoms. The molecule has 0 aliphatic carbocycles. The van der Waals surface area contributed by atoms with Gasteiger partial charge in [0.25, 0.3) is 0 Å². The zero-order valence-corrected chi connectivity index (χ0v) is 11.3. The highest BCUT2D eigenvalue weighted by Gasteiger charge is 2.21. The summed E-state index contributed by atoms with van der Waals surface area (Å²) >= 11 is 6.21. The molecule has 0 saturated heterocycles. The summed E-state index contributed by atoms with van der Waals surface area (Å²) in [6.45, 7) is 1.16. The third kappa shape index (κ3) is 3.10. The van der Waals surface area contributed by atoms with Gasteiger partial charge in [-0.25, -0.2) is 5.43 Å². The zero-order chi connectivity index (χ0) is 13.7. The maximum atomic E-state index is 6.21. The van der Waals surface area contributed by atoms with Crippen LogP contribution in [0.3, 0.4) is 0 Å². The van der Waals surface area contributed by atoms with E-state index >= 15 is 0 Å². The number of methoxy groups -OCH3 is 1. The molecule has 2 rings (SSSR count). The van der Waals surface area contributed by atoms with Crippen LogP contribution in [0.25, 0.3) is 0 Å². The van der Waals surface area contributed by atoms with E-state index in [1.807, 2.05) is 12.1 Å². The SMILES string of the molecule is COCCn1ncc(Cl)c1C(NN)c1cccnc1. The van der Waals surface area contributed by atoms with Crippen molar-refractivity contribution >= 4 is 11.6 Å². The largest absolute Gasteiger partial charge is 0.383 e. The Kier molecular flexibility index (Phi) is 4.86. The highest BCUT2D eigenvalue weighted by Crippen LogP contribution is 2.27. The van der Waals surface area contributed by atoms with Crippen molar-refractivity contribution in [3.63, 3.8) is 0 Å². The maximum absolute atomic E-state index is 6.21. The normalized spacial score (nSPS) is 12.6. The molecule has 1 atom stereocenters. The van der Waals surface area contributed by atoms with Crippen LogP contribution in [-0.2, 0) is 11.3 Å². The third-order valence-electron chi connectivity index (χ3n) is 2.80. The van der Waals surface area contributed by atoms with Crippen molar-refractivity contribution in [3.8, 4) is 0 Å². The zero-order valence-electron chi connectivity index (χ0n) is 10.6. The number of pyridine rings is 1. The first-order chi connectivity index (χ1) is 9.27. The van der Waals surface area contributed by atoms with Crippen LogP contribution in [0, 0.1) is 0 Å². The number of rotatable bonds is 6. The molecule has 0 amide bonds. The van der Waals surface area contributed by atoms with E-state index in [1.54, 1.807) is 30.4 Å². The van der Waals surface area contributed by atoms with E-state index in [0.29, 0.717) is 18.2 Å². The van der Waals surface area contributed by atoms with Crippen LogP contribution in [0.1, 0.15) is 17.3 Å². The molecule has 2 aromatic heterocycles. The fourth-order valence-electron chi connectivity index (χ4n) is 1.89. The van der Waals surface area contributed by atoms with Gasteiger partial charge in [0, 0.05) is 19.5 Å². The monoisotopic (exact) mass is 281 g/mol. The number of hydrogen-bond donors (Lipinski definition) is 2. The standard InChI is InChI=1S/C12H16ClN5O/c1-19-6-5-18-12(10(13)8-16-18)11(17-14)9-3-2-4-15-7-9/h2-4,7-8,11,17H,5-6,14H2,1H3. The second kappa shape index (κ2) is 6.63. The molecule has 2 heterocycles. The Morgan fingerprint density at radius 2 is 2.37 bits per heavy atom. The molecule has 6 nitrogen and oxygen atoms in total. The van der Waals surface area contributed by atoms with Crippen LogP contribution >= 0.6 is 11.6 Å². The number of hydrazine groups is 1. The minimum absolute atomic E-state index is 0.263. The van der Waals surface area contributed by atoms with Crippen molar-refractivity contribution in [3.05, 3.63) is 47.0 Å². The lowest BCUT2D eigenvalue weighted by atomic mass is 10.1. The molecule has 0 saturated carbocycles. The molecule has 0 aliphatic heterocycles. The van der Waals surface area contributed by atoms with Gasteiger partial charge < -0.3 is 4.74 Å². The fraction of sp³-hybridized carbons (Fsp3) is 0.333. The molecule has 0 aliphatic rings. The third-order valence-corrected chi connectivity index (χ3v) is 3.09. The number of halogens is 1. The molecular formula is C12H16ClN5O. The Bertz CT molecular complexity index is 516. The van der Waals surface area contributed by atoms with Crippen LogP contribution < -0.4 is 11.3 Å². The Morgan fingerprint density at radius 1 is 1.53 bits per heavy atom. The summed E-state index contributed by atoms with van der Waals surface area (Å²) < 4.78 is 6.84. The molecule has 19 heavy (non-hydrogen) atoms. The lowest BCUT2D eigenvalue weighted by Crippen LogP contribution is -2.31. The first kappa shape index (κ1) is 14.0. The van der Waals surface area contributed by atoms with Crippen molar-refractivity contribution < 1.29 is 4.74 Å². The number of aromatic nitrogens is 3. The van der Waals surface area contributed by atoms with Gasteiger partial charge in [-0.15, -0.1) is 0 Å². The van der Waals surface area contributed by atoms with E-state index in [1.165, 1.54) is 0 Å². The molecule has 0 spiro atoms. The molecule has 3 N–H and O–H groups in total. The van der Waals surface area contributed by atoms with Crippen molar-refractivity contribution in [2.24, 2.45) is 5.84 Å². The van der Waals surface area contributed by atoms with Gasteiger partial charge in [0.15, 0.2) is 0 Å². The number of hydrogen-bond acceptors (Lipinski definition) is 5. The summed E-state index contributed by atoms with van der Waals surface area (Å²) in [5.74, 6) is 5.65. The molecule has 0 bridgehead atoms. The topological polar surface area (TPSA) is 78.0 Å². The first-order valence-electron chi connectivity index (χ1n) is 5.84. The molecule has 102 valence electrons. The Hall–Kier alpha value is -1.47. The fourth-order valence-corrected chi connectivity index (χ4v) is 2.14. The summed E-state index contributed by atoms with van der Waals surface area (Å²) in [6, 6.07) is 3.52. The van der Waals surface area contributed by atoms with Crippen LogP contribution in [0.2, 0.25) is 5.02 Å². The van der Waals surface area contributed by atoms with Gasteiger partial charge in [-0.1, -0.05) is 17.7 Å². The summed E-state index contributed by atoms with van der Waals surface area (Å²) in [7, 11) is 1.64. The maximum Gasteiger partial charge on any atom is 0.0908 e. The van der Waals surface area contributed by atoms with E-state index in [-0.39, 0.29) is 6.04 Å². The number of nitrogens with one attached hydrogen (secondary N) is 1. The predicted molar refractivity (Wildman–Crippen MR) is 72.5 cm³/mol. The van der Waals surface area contributed by atoms with Gasteiger partial charge in [-0.3, -0.25) is 15.5 Å². The summed E-state index contributed by atoms with van der Waals surface area (Å²) in [5, 5.41) is 4.79. The minimum Gasteiger partial charge on any atom is -0.383 e. The van der Waals surface area contributed by atoms with E-state index < -0.39 is 0 Å². The van der Waals surface area contributed by atoms with Gasteiger partial charge in [-0.2, -0.15) is 5.10 Å². The summed E-state index contributed by atoms with van der Waals surface area (Å²) in [5.41, 5.74) is 4.47. The molecule has 0 aromatic carbocycles. The van der Waals surface area contributed by atoms with Crippen molar-refractivity contribution in [1.82, 2.24) is 20.2 Å². The second-order valence-corrected chi connectivity index (χ2v) is 4.39. The van der Waals surface area contributed by atoms with E-state index in [9.17, 15) is 0 Å². The van der Waals surface area contributed by atoms with Gasteiger partial charge >= 0.3 is 0 Å². The highest BCUT2D eigenvalue weighted by molar-refractivity contribution is 6.31. The van der Waals surface area contributed by atoms with Crippen LogP contribution in [0.4, 0.5) is 0 Å². The minimum atomic E-state index is -0.263. The van der Waals surface area contributed by atoms with Crippen molar-refractivity contribution in [2.75, 3.05) is 13.7 Å². The van der Waals surface area contributed by atoms with Crippen molar-refractivity contribution in [1.29, 1.82) is 0 Å². The Labute approximate surface area is 116 Å². The average Bonchev–Trinajstić information content (AvgIpc) is 2.80. The number of nitrogens with two attached hydrogens (primary N) is 1. The molecule has 0 radical (unpaired) electrons. The first-order valence-corrected chi connectivity index (χ1v) is 6.22. The van der Waals surface area contributed by atoms with Gasteiger partial charge in [0.1, 0.15) is 0 Å². The highest BCUT2D eigenvalue weighted by atomic mass is 35.5. The van der Waals surface area contributed by atoms with E-state index in [4.69, 9.17) is 22.2 Å². The Morgan fingerprint density at radius 3 is 3.00 bits per heavy atom. The summed E-state index contributed by atoms with van der Waals surface area (Å²) in [6.07, 6.45) is 5.06. The average molecular weight is 282 g/mol. The summed E-state index contributed by atoms with van der Waals surface area (Å²) in [4.78, 5) is 4.09. The molecule has 1 unspecified atom stereocenters. The Balaban J connectivity index is 2.35. The molecular weight excluding hydrogens is 266 g/mol. The molecule has 0 fully saturated rings. The van der Waals surface area contributed by atoms with Gasteiger partial charge in [0.05, 0.1) is 36.1 Å². The molecule has 2 aromatic rings. The lowest BCUT2D eigenvalue weighted by molar-refractivity contribution is 0.182. The van der Waals surface area contributed by atoms with Gasteiger partial charge in [-0.05, 0) is 11.6 Å². The quantitative estimate of drug-likeness (QED) is 0.613.